The lowest BCUT2D eigenvalue weighted by atomic mass is 9.97. The molecule has 0 saturated carbocycles. The Bertz CT molecular complexity index is 622. The first-order valence-corrected chi connectivity index (χ1v) is 6.14. The number of fused-ring (bicyclic) bond motifs is 1. The number of phenols is 3. The number of hydrogen-bond donors (Lipinski definition) is 3. The van der Waals surface area contributed by atoms with Gasteiger partial charge in [-0.3, -0.25) is 0 Å². The fourth-order valence-electron chi connectivity index (χ4n) is 2.33. The molecule has 0 spiro atoms. The summed E-state index contributed by atoms with van der Waals surface area (Å²) in [6.07, 6.45) is 1.46. The minimum atomic E-state index is -0.180. The van der Waals surface area contributed by atoms with Crippen LogP contribution >= 0.6 is 0 Å². The molecule has 0 aromatic heterocycles. The number of benzene rings is 2. The second kappa shape index (κ2) is 4.39. The number of phenolic OH excluding ortho intramolecular Hbond substituents is 3. The highest BCUT2D eigenvalue weighted by molar-refractivity contribution is 5.44. The van der Waals surface area contributed by atoms with Gasteiger partial charge in [-0.25, -0.2) is 0 Å². The average Bonchev–Trinajstić information content (AvgIpc) is 2.41. The molecule has 0 aliphatic carbocycles. The quantitative estimate of drug-likeness (QED) is 0.688. The first-order chi connectivity index (χ1) is 9.13. The molecule has 1 unspecified atom stereocenters. The molecule has 4 nitrogen and oxygen atoms in total. The minimum Gasteiger partial charge on any atom is -0.508 e. The van der Waals surface area contributed by atoms with Crippen LogP contribution in [0.3, 0.4) is 0 Å². The molecule has 98 valence electrons. The Labute approximate surface area is 110 Å². The molecular formula is C15H14O4. The van der Waals surface area contributed by atoms with Crippen LogP contribution in [0.5, 0.6) is 23.0 Å². The molecule has 0 bridgehead atoms. The summed E-state index contributed by atoms with van der Waals surface area (Å²) >= 11 is 0. The van der Waals surface area contributed by atoms with Crippen molar-refractivity contribution in [2.24, 2.45) is 0 Å². The van der Waals surface area contributed by atoms with Crippen molar-refractivity contribution in [1.82, 2.24) is 0 Å². The van der Waals surface area contributed by atoms with Gasteiger partial charge in [0.25, 0.3) is 0 Å². The van der Waals surface area contributed by atoms with E-state index in [1.54, 1.807) is 18.2 Å². The van der Waals surface area contributed by atoms with Crippen LogP contribution in [0.2, 0.25) is 0 Å². The molecule has 0 radical (unpaired) electrons. The summed E-state index contributed by atoms with van der Waals surface area (Å²) in [5, 5.41) is 28.3. The third-order valence-corrected chi connectivity index (χ3v) is 3.37. The van der Waals surface area contributed by atoms with Gasteiger partial charge >= 0.3 is 0 Å². The van der Waals surface area contributed by atoms with Crippen LogP contribution in [0, 0.1) is 0 Å². The van der Waals surface area contributed by atoms with Crippen molar-refractivity contribution < 1.29 is 20.1 Å². The lowest BCUT2D eigenvalue weighted by Crippen LogP contribution is -2.14. The van der Waals surface area contributed by atoms with E-state index in [9.17, 15) is 15.3 Å². The van der Waals surface area contributed by atoms with Crippen molar-refractivity contribution in [1.29, 1.82) is 0 Å². The van der Waals surface area contributed by atoms with Crippen molar-refractivity contribution >= 4 is 0 Å². The van der Waals surface area contributed by atoms with Gasteiger partial charge in [0.2, 0.25) is 0 Å². The van der Waals surface area contributed by atoms with E-state index in [1.807, 2.05) is 6.07 Å². The Balaban J connectivity index is 1.90. The summed E-state index contributed by atoms with van der Waals surface area (Å²) in [6, 6.07) is 9.79. The first-order valence-electron chi connectivity index (χ1n) is 6.14. The van der Waals surface area contributed by atoms with Gasteiger partial charge in [-0.05, 0) is 42.2 Å². The molecule has 0 amide bonds. The second-order valence-electron chi connectivity index (χ2n) is 4.69. The van der Waals surface area contributed by atoms with Crippen molar-refractivity contribution in [3.05, 3.63) is 47.5 Å². The van der Waals surface area contributed by atoms with Crippen LogP contribution in [-0.2, 0) is 6.42 Å². The van der Waals surface area contributed by atoms with E-state index >= 15 is 0 Å². The summed E-state index contributed by atoms with van der Waals surface area (Å²) < 4.78 is 5.84. The van der Waals surface area contributed by atoms with Gasteiger partial charge in [0, 0.05) is 6.07 Å². The fourth-order valence-corrected chi connectivity index (χ4v) is 2.33. The first kappa shape index (κ1) is 11.7. The predicted molar refractivity (Wildman–Crippen MR) is 69.6 cm³/mol. The maximum atomic E-state index is 9.52. The molecular weight excluding hydrogens is 244 g/mol. The highest BCUT2D eigenvalue weighted by atomic mass is 16.5. The number of aryl methyl sites for hydroxylation is 1. The van der Waals surface area contributed by atoms with Crippen LogP contribution in [0.15, 0.2) is 36.4 Å². The van der Waals surface area contributed by atoms with Crippen LogP contribution in [-0.4, -0.2) is 15.3 Å². The monoisotopic (exact) mass is 258 g/mol. The van der Waals surface area contributed by atoms with Gasteiger partial charge in [-0.2, -0.15) is 0 Å². The Morgan fingerprint density at radius 2 is 1.79 bits per heavy atom. The zero-order chi connectivity index (χ0) is 13.4. The van der Waals surface area contributed by atoms with Crippen LogP contribution in [0.1, 0.15) is 23.7 Å². The SMILES string of the molecule is Oc1ccc2c(c1)OC(c1ccc(O)c(O)c1)CC2. The standard InChI is InChI=1S/C15H14O4/c16-11-4-1-9-3-6-14(19-15(9)8-11)10-2-5-12(17)13(18)7-10/h1-2,4-5,7-8,14,16-18H,3,6H2. The van der Waals surface area contributed by atoms with Gasteiger partial charge in [0.1, 0.15) is 17.6 Å². The molecule has 1 aliphatic rings. The number of aromatic hydroxyl groups is 3. The number of rotatable bonds is 1. The van der Waals surface area contributed by atoms with Gasteiger partial charge in [0.15, 0.2) is 11.5 Å². The van der Waals surface area contributed by atoms with E-state index in [0.717, 1.165) is 24.0 Å². The zero-order valence-electron chi connectivity index (χ0n) is 10.2. The lowest BCUT2D eigenvalue weighted by molar-refractivity contribution is 0.175. The summed E-state index contributed by atoms with van der Waals surface area (Å²) in [5.41, 5.74) is 1.88. The predicted octanol–water partition coefficient (Wildman–Crippen LogP) is 2.87. The zero-order valence-corrected chi connectivity index (χ0v) is 10.2. The summed E-state index contributed by atoms with van der Waals surface area (Å²) in [7, 11) is 0. The van der Waals surface area contributed by atoms with E-state index in [0.29, 0.717) is 5.75 Å². The Morgan fingerprint density at radius 3 is 2.58 bits per heavy atom. The summed E-state index contributed by atoms with van der Waals surface area (Å²) in [6.45, 7) is 0. The lowest BCUT2D eigenvalue weighted by Gasteiger charge is -2.26. The molecule has 0 fully saturated rings. The normalized spacial score (nSPS) is 17.6. The van der Waals surface area contributed by atoms with Crippen LogP contribution in [0.4, 0.5) is 0 Å². The van der Waals surface area contributed by atoms with E-state index in [2.05, 4.69) is 0 Å². The minimum absolute atomic E-state index is 0.141. The maximum Gasteiger partial charge on any atom is 0.157 e. The Morgan fingerprint density at radius 1 is 0.947 bits per heavy atom. The number of ether oxygens (including phenoxy) is 1. The molecule has 3 rings (SSSR count). The van der Waals surface area contributed by atoms with Crippen molar-refractivity contribution in [3.8, 4) is 23.0 Å². The molecule has 1 atom stereocenters. The van der Waals surface area contributed by atoms with Crippen molar-refractivity contribution in [3.63, 3.8) is 0 Å². The average molecular weight is 258 g/mol. The second-order valence-corrected chi connectivity index (χ2v) is 4.69. The third kappa shape index (κ3) is 2.17. The Hall–Kier alpha value is -2.36. The number of hydrogen-bond acceptors (Lipinski definition) is 4. The molecule has 0 saturated heterocycles. The van der Waals surface area contributed by atoms with E-state index in [4.69, 9.17) is 4.74 Å². The highest BCUT2D eigenvalue weighted by Crippen LogP contribution is 2.38. The van der Waals surface area contributed by atoms with E-state index < -0.39 is 0 Å². The third-order valence-electron chi connectivity index (χ3n) is 3.37. The van der Waals surface area contributed by atoms with Crippen molar-refractivity contribution in [2.75, 3.05) is 0 Å². The molecule has 2 aromatic carbocycles. The van der Waals surface area contributed by atoms with Crippen LogP contribution < -0.4 is 4.74 Å². The topological polar surface area (TPSA) is 69.9 Å². The largest absolute Gasteiger partial charge is 0.508 e. The summed E-state index contributed by atoms with van der Waals surface area (Å²) in [4.78, 5) is 0. The molecule has 2 aromatic rings. The summed E-state index contributed by atoms with van der Waals surface area (Å²) in [5.74, 6) is 0.553. The smallest absolute Gasteiger partial charge is 0.157 e. The van der Waals surface area contributed by atoms with Crippen LogP contribution in [0.25, 0.3) is 0 Å². The maximum absolute atomic E-state index is 9.52. The van der Waals surface area contributed by atoms with Gasteiger partial charge in [0.05, 0.1) is 0 Å². The molecule has 3 N–H and O–H groups in total. The molecule has 1 heterocycles. The Kier molecular flexibility index (Phi) is 2.71. The van der Waals surface area contributed by atoms with Crippen molar-refractivity contribution in [2.45, 2.75) is 18.9 Å². The van der Waals surface area contributed by atoms with E-state index in [-0.39, 0.29) is 23.4 Å². The molecule has 4 heteroatoms. The molecule has 1 aliphatic heterocycles. The fraction of sp³-hybridized carbons (Fsp3) is 0.200. The molecule has 19 heavy (non-hydrogen) atoms. The van der Waals surface area contributed by atoms with Gasteiger partial charge in [-0.15, -0.1) is 0 Å². The van der Waals surface area contributed by atoms with Gasteiger partial charge in [-0.1, -0.05) is 12.1 Å². The highest BCUT2D eigenvalue weighted by Gasteiger charge is 2.22. The van der Waals surface area contributed by atoms with Gasteiger partial charge < -0.3 is 20.1 Å². The van der Waals surface area contributed by atoms with E-state index in [1.165, 1.54) is 12.1 Å².